The Hall–Kier alpha value is -0.420. The van der Waals surface area contributed by atoms with Gasteiger partial charge in [0.25, 0.3) is 0 Å². The topological polar surface area (TPSA) is 54.5 Å². The second-order valence-corrected chi connectivity index (χ2v) is 7.46. The van der Waals surface area contributed by atoms with E-state index in [-0.39, 0.29) is 17.5 Å². The Balaban J connectivity index is 2.91. The van der Waals surface area contributed by atoms with Crippen LogP contribution in [0.3, 0.4) is 0 Å². The number of piperidine rings is 1. The third kappa shape index (κ3) is 3.04. The molecule has 1 fully saturated rings. The summed E-state index contributed by atoms with van der Waals surface area (Å²) in [6, 6.07) is 0. The van der Waals surface area contributed by atoms with E-state index in [1.807, 2.05) is 27.7 Å². The summed E-state index contributed by atoms with van der Waals surface area (Å²) in [4.78, 5) is 11.4. The summed E-state index contributed by atoms with van der Waals surface area (Å²) >= 11 is 0. The number of sulfonamides is 1. The first kappa shape index (κ1) is 13.6. The predicted molar refractivity (Wildman–Crippen MR) is 63.7 cm³/mol. The molecule has 0 aromatic rings. The first-order valence-electron chi connectivity index (χ1n) is 5.67. The maximum Gasteiger partial charge on any atom is 0.214 e. The molecule has 1 aliphatic heterocycles. The number of carbonyl (C=O) groups is 1. The standard InChI is InChI=1S/C11H21NO3S/c1-9(2)8-16(14,15)12-6-5-10(13)7-11(12,3)4/h9H,5-8H2,1-4H3. The maximum absolute atomic E-state index is 12.1. The molecule has 0 N–H and O–H groups in total. The maximum atomic E-state index is 12.1. The molecule has 1 rings (SSSR count). The Bertz CT molecular complexity index is 371. The van der Waals surface area contributed by atoms with E-state index < -0.39 is 15.6 Å². The normalized spacial score (nSPS) is 22.7. The van der Waals surface area contributed by atoms with Crippen LogP contribution in [0.5, 0.6) is 0 Å². The lowest BCUT2D eigenvalue weighted by Crippen LogP contribution is -2.53. The van der Waals surface area contributed by atoms with Crippen molar-refractivity contribution in [3.05, 3.63) is 0 Å². The molecule has 0 aromatic carbocycles. The molecule has 0 aliphatic carbocycles. The lowest BCUT2D eigenvalue weighted by Gasteiger charge is -2.40. The molecular formula is C11H21NO3S. The minimum Gasteiger partial charge on any atom is -0.300 e. The lowest BCUT2D eigenvalue weighted by atomic mass is 9.92. The fourth-order valence-corrected chi connectivity index (χ4v) is 4.42. The monoisotopic (exact) mass is 247 g/mol. The fraction of sp³-hybridized carbons (Fsp3) is 0.909. The highest BCUT2D eigenvalue weighted by atomic mass is 32.2. The lowest BCUT2D eigenvalue weighted by molar-refractivity contribution is -0.123. The molecule has 1 heterocycles. The van der Waals surface area contributed by atoms with Crippen LogP contribution in [0.1, 0.15) is 40.5 Å². The van der Waals surface area contributed by atoms with Crippen LogP contribution in [0, 0.1) is 5.92 Å². The van der Waals surface area contributed by atoms with Gasteiger partial charge < -0.3 is 0 Å². The quantitative estimate of drug-likeness (QED) is 0.758. The Morgan fingerprint density at radius 1 is 1.38 bits per heavy atom. The van der Waals surface area contributed by atoms with Gasteiger partial charge in [-0.25, -0.2) is 8.42 Å². The van der Waals surface area contributed by atoms with Gasteiger partial charge in [-0.1, -0.05) is 13.8 Å². The average Bonchev–Trinajstić information content (AvgIpc) is 1.97. The zero-order chi connectivity index (χ0) is 12.6. The summed E-state index contributed by atoms with van der Waals surface area (Å²) in [5, 5.41) is 0. The summed E-state index contributed by atoms with van der Waals surface area (Å²) in [6.07, 6.45) is 0.672. The third-order valence-electron chi connectivity index (χ3n) is 2.78. The number of ketones is 1. The van der Waals surface area contributed by atoms with Gasteiger partial charge in [-0.3, -0.25) is 4.79 Å². The number of hydrogen-bond acceptors (Lipinski definition) is 3. The smallest absolute Gasteiger partial charge is 0.214 e. The Morgan fingerprint density at radius 3 is 2.38 bits per heavy atom. The molecule has 94 valence electrons. The highest BCUT2D eigenvalue weighted by molar-refractivity contribution is 7.89. The molecule has 0 spiro atoms. The van der Waals surface area contributed by atoms with Crippen LogP contribution in [0.15, 0.2) is 0 Å². The van der Waals surface area contributed by atoms with E-state index >= 15 is 0 Å². The van der Waals surface area contributed by atoms with E-state index in [9.17, 15) is 13.2 Å². The molecule has 1 saturated heterocycles. The molecule has 0 saturated carbocycles. The van der Waals surface area contributed by atoms with Gasteiger partial charge in [0.05, 0.1) is 5.75 Å². The van der Waals surface area contributed by atoms with E-state index in [1.165, 1.54) is 4.31 Å². The molecule has 0 bridgehead atoms. The van der Waals surface area contributed by atoms with Crippen molar-refractivity contribution in [3.63, 3.8) is 0 Å². The molecule has 0 unspecified atom stereocenters. The number of nitrogens with zero attached hydrogens (tertiary/aromatic N) is 1. The Kier molecular flexibility index (Phi) is 3.80. The van der Waals surface area contributed by atoms with Crippen LogP contribution in [-0.2, 0) is 14.8 Å². The molecule has 5 heteroatoms. The predicted octanol–water partition coefficient (Wildman–Crippen LogP) is 1.42. The molecule has 0 aromatic heterocycles. The van der Waals surface area contributed by atoms with Crippen molar-refractivity contribution >= 4 is 15.8 Å². The van der Waals surface area contributed by atoms with Gasteiger partial charge in [0, 0.05) is 24.9 Å². The molecule has 16 heavy (non-hydrogen) atoms. The van der Waals surface area contributed by atoms with Crippen LogP contribution in [0.2, 0.25) is 0 Å². The summed E-state index contributed by atoms with van der Waals surface area (Å²) in [5.74, 6) is 0.421. The van der Waals surface area contributed by atoms with Crippen molar-refractivity contribution in [2.24, 2.45) is 5.92 Å². The van der Waals surface area contributed by atoms with Crippen LogP contribution in [0.4, 0.5) is 0 Å². The SMILES string of the molecule is CC(C)CS(=O)(=O)N1CCC(=O)CC1(C)C. The first-order chi connectivity index (χ1) is 7.15. The van der Waals surface area contributed by atoms with E-state index in [4.69, 9.17) is 0 Å². The number of rotatable bonds is 3. The number of Topliss-reactive ketones (excluding diaryl/α,β-unsaturated/α-hetero) is 1. The first-order valence-corrected chi connectivity index (χ1v) is 7.28. The van der Waals surface area contributed by atoms with Gasteiger partial charge in [0.1, 0.15) is 5.78 Å². The van der Waals surface area contributed by atoms with Crippen molar-refractivity contribution in [2.75, 3.05) is 12.3 Å². The summed E-state index contributed by atoms with van der Waals surface area (Å²) in [6.45, 7) is 7.75. The van der Waals surface area contributed by atoms with E-state index in [0.717, 1.165) is 0 Å². The van der Waals surface area contributed by atoms with Gasteiger partial charge >= 0.3 is 0 Å². The van der Waals surface area contributed by atoms with Crippen molar-refractivity contribution < 1.29 is 13.2 Å². The van der Waals surface area contributed by atoms with Crippen LogP contribution in [-0.4, -0.2) is 36.3 Å². The zero-order valence-corrected chi connectivity index (χ0v) is 11.3. The minimum atomic E-state index is -3.23. The summed E-state index contributed by atoms with van der Waals surface area (Å²) in [7, 11) is -3.23. The van der Waals surface area contributed by atoms with Crippen LogP contribution >= 0.6 is 0 Å². The molecular weight excluding hydrogens is 226 g/mol. The second kappa shape index (κ2) is 4.45. The van der Waals surface area contributed by atoms with Crippen LogP contribution in [0.25, 0.3) is 0 Å². The Labute approximate surface area is 98.1 Å². The van der Waals surface area contributed by atoms with Gasteiger partial charge in [-0.2, -0.15) is 4.31 Å². The molecule has 4 nitrogen and oxygen atoms in total. The third-order valence-corrected chi connectivity index (χ3v) is 5.21. The molecule has 1 aliphatic rings. The van der Waals surface area contributed by atoms with Crippen molar-refractivity contribution in [1.82, 2.24) is 4.31 Å². The van der Waals surface area contributed by atoms with Crippen LogP contribution < -0.4 is 0 Å². The summed E-state index contributed by atoms with van der Waals surface area (Å²) in [5.41, 5.74) is -0.566. The van der Waals surface area contributed by atoms with Crippen molar-refractivity contribution in [1.29, 1.82) is 0 Å². The van der Waals surface area contributed by atoms with Gasteiger partial charge in [-0.05, 0) is 19.8 Å². The van der Waals surface area contributed by atoms with Crippen molar-refractivity contribution in [3.8, 4) is 0 Å². The minimum absolute atomic E-state index is 0.110. The van der Waals surface area contributed by atoms with E-state index in [0.29, 0.717) is 19.4 Å². The molecule has 0 amide bonds. The van der Waals surface area contributed by atoms with Gasteiger partial charge in [-0.15, -0.1) is 0 Å². The molecule has 0 radical (unpaired) electrons. The molecule has 0 atom stereocenters. The highest BCUT2D eigenvalue weighted by Crippen LogP contribution is 2.28. The zero-order valence-electron chi connectivity index (χ0n) is 10.5. The average molecular weight is 247 g/mol. The largest absolute Gasteiger partial charge is 0.300 e. The Morgan fingerprint density at radius 2 is 1.94 bits per heavy atom. The van der Waals surface area contributed by atoms with Crippen molar-refractivity contribution in [2.45, 2.75) is 46.1 Å². The van der Waals surface area contributed by atoms with Gasteiger partial charge in [0.2, 0.25) is 10.0 Å². The van der Waals surface area contributed by atoms with Gasteiger partial charge in [0.15, 0.2) is 0 Å². The highest BCUT2D eigenvalue weighted by Gasteiger charge is 2.40. The second-order valence-electron chi connectivity index (χ2n) is 5.52. The number of hydrogen-bond donors (Lipinski definition) is 0. The van der Waals surface area contributed by atoms with E-state index in [2.05, 4.69) is 0 Å². The van der Waals surface area contributed by atoms with E-state index in [1.54, 1.807) is 0 Å². The number of carbonyl (C=O) groups excluding carboxylic acids is 1. The summed E-state index contributed by atoms with van der Waals surface area (Å²) < 4.78 is 25.8. The fourth-order valence-electron chi connectivity index (χ4n) is 2.21.